The number of rotatable bonds is 3. The summed E-state index contributed by atoms with van der Waals surface area (Å²) in [5, 5.41) is 10.5. The fraction of sp³-hybridized carbons (Fsp3) is 0.444. The molecule has 0 saturated heterocycles. The molecule has 1 aromatic rings. The lowest BCUT2D eigenvalue weighted by Crippen LogP contribution is -2.00. The molecule has 1 saturated carbocycles. The number of aromatic nitrogens is 1. The topological polar surface area (TPSA) is 65.3 Å². The van der Waals surface area contributed by atoms with Crippen LogP contribution in [-0.4, -0.2) is 16.0 Å². The van der Waals surface area contributed by atoms with Crippen molar-refractivity contribution in [3.05, 3.63) is 28.1 Å². The van der Waals surface area contributed by atoms with Crippen LogP contribution in [0.25, 0.3) is 0 Å². The number of pyridine rings is 1. The lowest BCUT2D eigenvalue weighted by molar-refractivity contribution is -0.385. The molecule has 0 aliphatic heterocycles. The van der Waals surface area contributed by atoms with E-state index in [2.05, 4.69) is 4.98 Å². The molecule has 2 rings (SSSR count). The molecule has 0 aromatic carbocycles. The van der Waals surface area contributed by atoms with Crippen LogP contribution in [0.5, 0.6) is 5.75 Å². The van der Waals surface area contributed by atoms with Gasteiger partial charge in [0.1, 0.15) is 11.9 Å². The highest BCUT2D eigenvalue weighted by molar-refractivity contribution is 5.38. The van der Waals surface area contributed by atoms with Gasteiger partial charge in [-0.3, -0.25) is 15.1 Å². The van der Waals surface area contributed by atoms with Crippen molar-refractivity contribution in [3.8, 4) is 5.75 Å². The van der Waals surface area contributed by atoms with Crippen molar-refractivity contribution < 1.29 is 9.66 Å². The average Bonchev–Trinajstić information content (AvgIpc) is 2.92. The Labute approximate surface area is 80.9 Å². The van der Waals surface area contributed by atoms with E-state index >= 15 is 0 Å². The highest BCUT2D eigenvalue weighted by Gasteiger charge is 2.25. The lowest BCUT2D eigenvalue weighted by Gasteiger charge is -2.05. The quantitative estimate of drug-likeness (QED) is 0.544. The predicted molar refractivity (Wildman–Crippen MR) is 49.3 cm³/mol. The SMILES string of the molecule is Cc1ncc([N+](=O)[O-])cc1OC1CC1. The molecule has 1 aliphatic rings. The Morgan fingerprint density at radius 2 is 2.36 bits per heavy atom. The van der Waals surface area contributed by atoms with Crippen molar-refractivity contribution in [2.24, 2.45) is 0 Å². The van der Waals surface area contributed by atoms with Crippen LogP contribution in [0, 0.1) is 17.0 Å². The van der Waals surface area contributed by atoms with Gasteiger partial charge in [0.05, 0.1) is 22.8 Å². The molecule has 0 radical (unpaired) electrons. The van der Waals surface area contributed by atoms with Gasteiger partial charge in [-0.15, -0.1) is 0 Å². The van der Waals surface area contributed by atoms with Crippen molar-refractivity contribution in [1.82, 2.24) is 4.98 Å². The summed E-state index contributed by atoms with van der Waals surface area (Å²) in [6.07, 6.45) is 3.54. The van der Waals surface area contributed by atoms with E-state index in [0.29, 0.717) is 11.4 Å². The molecule has 0 atom stereocenters. The van der Waals surface area contributed by atoms with E-state index in [-0.39, 0.29) is 11.8 Å². The Kier molecular flexibility index (Phi) is 2.07. The van der Waals surface area contributed by atoms with Crippen LogP contribution in [0.1, 0.15) is 18.5 Å². The molecule has 1 aliphatic carbocycles. The summed E-state index contributed by atoms with van der Waals surface area (Å²) >= 11 is 0. The van der Waals surface area contributed by atoms with E-state index in [0.717, 1.165) is 12.8 Å². The van der Waals surface area contributed by atoms with Crippen LogP contribution in [0.4, 0.5) is 5.69 Å². The minimum Gasteiger partial charge on any atom is -0.488 e. The third-order valence-corrected chi connectivity index (χ3v) is 2.05. The molecule has 5 heteroatoms. The molecule has 5 nitrogen and oxygen atoms in total. The number of hydrogen-bond donors (Lipinski definition) is 0. The van der Waals surface area contributed by atoms with Gasteiger partial charge < -0.3 is 4.74 Å². The zero-order valence-corrected chi connectivity index (χ0v) is 7.77. The maximum Gasteiger partial charge on any atom is 0.291 e. The van der Waals surface area contributed by atoms with Gasteiger partial charge in [-0.2, -0.15) is 0 Å². The first-order chi connectivity index (χ1) is 6.66. The Morgan fingerprint density at radius 1 is 1.64 bits per heavy atom. The molecule has 0 spiro atoms. The summed E-state index contributed by atoms with van der Waals surface area (Å²) in [6.45, 7) is 1.78. The Hall–Kier alpha value is -1.65. The molecule has 74 valence electrons. The molecule has 1 aromatic heterocycles. The monoisotopic (exact) mass is 194 g/mol. The maximum absolute atomic E-state index is 10.5. The Bertz CT molecular complexity index is 374. The molecular weight excluding hydrogens is 184 g/mol. The number of ether oxygens (including phenoxy) is 1. The van der Waals surface area contributed by atoms with Crippen LogP contribution in [0.2, 0.25) is 0 Å². The summed E-state index contributed by atoms with van der Waals surface area (Å²) in [4.78, 5) is 13.9. The highest BCUT2D eigenvalue weighted by Crippen LogP contribution is 2.30. The molecule has 1 heterocycles. The highest BCUT2D eigenvalue weighted by atomic mass is 16.6. The average molecular weight is 194 g/mol. The van der Waals surface area contributed by atoms with Gasteiger partial charge in [0.15, 0.2) is 0 Å². The molecule has 0 N–H and O–H groups in total. The van der Waals surface area contributed by atoms with Gasteiger partial charge in [-0.05, 0) is 19.8 Å². The third-order valence-electron chi connectivity index (χ3n) is 2.05. The fourth-order valence-electron chi connectivity index (χ4n) is 1.09. The van der Waals surface area contributed by atoms with Crippen LogP contribution in [0.3, 0.4) is 0 Å². The minimum absolute atomic E-state index is 0.0220. The first-order valence-corrected chi connectivity index (χ1v) is 4.44. The predicted octanol–water partition coefficient (Wildman–Crippen LogP) is 1.84. The summed E-state index contributed by atoms with van der Waals surface area (Å²) in [6, 6.07) is 1.43. The van der Waals surface area contributed by atoms with Crippen LogP contribution in [-0.2, 0) is 0 Å². The van der Waals surface area contributed by atoms with Crippen molar-refractivity contribution in [2.75, 3.05) is 0 Å². The fourth-order valence-corrected chi connectivity index (χ4v) is 1.09. The summed E-state index contributed by atoms with van der Waals surface area (Å²) < 4.78 is 5.48. The number of hydrogen-bond acceptors (Lipinski definition) is 4. The van der Waals surface area contributed by atoms with Gasteiger partial charge in [-0.25, -0.2) is 0 Å². The van der Waals surface area contributed by atoms with Crippen molar-refractivity contribution in [1.29, 1.82) is 0 Å². The van der Waals surface area contributed by atoms with E-state index in [1.165, 1.54) is 12.3 Å². The standard InChI is InChI=1S/C9H10N2O3/c1-6-9(14-8-2-3-8)4-7(5-10-6)11(12)13/h4-5,8H,2-3H2,1H3. The normalized spacial score (nSPS) is 15.2. The van der Waals surface area contributed by atoms with Gasteiger partial charge in [0.25, 0.3) is 5.69 Å². The van der Waals surface area contributed by atoms with Gasteiger partial charge >= 0.3 is 0 Å². The Balaban J connectivity index is 2.26. The summed E-state index contributed by atoms with van der Waals surface area (Å²) in [7, 11) is 0. The zero-order valence-electron chi connectivity index (χ0n) is 7.77. The zero-order chi connectivity index (χ0) is 10.1. The summed E-state index contributed by atoms with van der Waals surface area (Å²) in [5.41, 5.74) is 0.675. The van der Waals surface area contributed by atoms with Crippen LogP contribution in [0.15, 0.2) is 12.3 Å². The maximum atomic E-state index is 10.5. The largest absolute Gasteiger partial charge is 0.488 e. The smallest absolute Gasteiger partial charge is 0.291 e. The second-order valence-corrected chi connectivity index (χ2v) is 3.35. The Morgan fingerprint density at radius 3 is 2.93 bits per heavy atom. The lowest BCUT2D eigenvalue weighted by atomic mass is 10.3. The molecule has 1 fully saturated rings. The van der Waals surface area contributed by atoms with E-state index in [9.17, 15) is 10.1 Å². The summed E-state index contributed by atoms with van der Waals surface area (Å²) in [5.74, 6) is 0.529. The third kappa shape index (κ3) is 1.81. The van der Waals surface area contributed by atoms with E-state index in [1.54, 1.807) is 6.92 Å². The number of nitrogens with zero attached hydrogens (tertiary/aromatic N) is 2. The molecule has 0 unspecified atom stereocenters. The minimum atomic E-state index is -0.466. The van der Waals surface area contributed by atoms with Gasteiger partial charge in [0.2, 0.25) is 0 Å². The van der Waals surface area contributed by atoms with Crippen molar-refractivity contribution >= 4 is 5.69 Å². The van der Waals surface area contributed by atoms with Crippen LogP contribution >= 0.6 is 0 Å². The van der Waals surface area contributed by atoms with Crippen molar-refractivity contribution in [3.63, 3.8) is 0 Å². The first kappa shape index (κ1) is 8.93. The van der Waals surface area contributed by atoms with E-state index in [1.807, 2.05) is 0 Å². The van der Waals surface area contributed by atoms with Gasteiger partial charge in [-0.1, -0.05) is 0 Å². The number of nitro groups is 1. The van der Waals surface area contributed by atoms with Crippen molar-refractivity contribution in [2.45, 2.75) is 25.9 Å². The molecule has 0 bridgehead atoms. The molecule has 14 heavy (non-hydrogen) atoms. The van der Waals surface area contributed by atoms with E-state index < -0.39 is 4.92 Å². The second-order valence-electron chi connectivity index (χ2n) is 3.35. The van der Waals surface area contributed by atoms with Gasteiger partial charge in [0, 0.05) is 0 Å². The second kappa shape index (κ2) is 3.25. The van der Waals surface area contributed by atoms with E-state index in [4.69, 9.17) is 4.74 Å². The number of aryl methyl sites for hydroxylation is 1. The molecule has 0 amide bonds. The van der Waals surface area contributed by atoms with Crippen LogP contribution < -0.4 is 4.74 Å². The molecular formula is C9H10N2O3. The first-order valence-electron chi connectivity index (χ1n) is 4.44.